The van der Waals surface area contributed by atoms with Gasteiger partial charge in [0, 0.05) is 23.5 Å². The summed E-state index contributed by atoms with van der Waals surface area (Å²) in [6, 6.07) is 23.2. The zero-order valence-electron chi connectivity index (χ0n) is 13.4. The molecule has 0 fully saturated rings. The normalized spacial score (nSPS) is 10.6. The van der Waals surface area contributed by atoms with Crippen LogP contribution in [-0.2, 0) is 0 Å². The van der Waals surface area contributed by atoms with Gasteiger partial charge < -0.3 is 0 Å². The predicted octanol–water partition coefficient (Wildman–Crippen LogP) is 4.30. The topological polar surface area (TPSA) is 47.8 Å². The first-order valence-corrected chi connectivity index (χ1v) is 7.97. The molecule has 4 aromatic rings. The fourth-order valence-corrected chi connectivity index (χ4v) is 2.81. The number of pyridine rings is 1. The summed E-state index contributed by atoms with van der Waals surface area (Å²) < 4.78 is 1.59. The third-order valence-corrected chi connectivity index (χ3v) is 3.99. The van der Waals surface area contributed by atoms with Gasteiger partial charge in [-0.1, -0.05) is 60.7 Å². The molecule has 0 aliphatic heterocycles. The molecule has 2 aromatic heterocycles. The number of carbonyl (C=O) groups is 1. The van der Waals surface area contributed by atoms with Gasteiger partial charge in [0.15, 0.2) is 0 Å². The number of imidazole rings is 1. The van der Waals surface area contributed by atoms with Crippen molar-refractivity contribution in [3.63, 3.8) is 0 Å². The van der Waals surface area contributed by atoms with Gasteiger partial charge in [0.2, 0.25) is 0 Å². The van der Waals surface area contributed by atoms with Gasteiger partial charge in [0.25, 0.3) is 5.91 Å². The summed E-state index contributed by atoms with van der Waals surface area (Å²) in [7, 11) is 0. The zero-order chi connectivity index (χ0) is 17.1. The smallest absolute Gasteiger partial charge is 0.265 e. The summed E-state index contributed by atoms with van der Waals surface area (Å²) in [6.07, 6.45) is 4.80. The molecule has 0 amide bonds. The van der Waals surface area contributed by atoms with Crippen molar-refractivity contribution < 1.29 is 4.79 Å². The molecular formula is C21H15N3O. The van der Waals surface area contributed by atoms with Crippen molar-refractivity contribution in [1.29, 1.82) is 0 Å². The quantitative estimate of drug-likeness (QED) is 0.564. The maximum absolute atomic E-state index is 13.0. The highest BCUT2D eigenvalue weighted by atomic mass is 16.2. The third-order valence-electron chi connectivity index (χ3n) is 3.99. The first kappa shape index (κ1) is 15.0. The molecule has 0 unspecified atom stereocenters. The monoisotopic (exact) mass is 325 g/mol. The Morgan fingerprint density at radius 2 is 1.48 bits per heavy atom. The van der Waals surface area contributed by atoms with E-state index in [4.69, 9.17) is 0 Å². The minimum Gasteiger partial charge on any atom is -0.268 e. The molecule has 0 spiro atoms. The van der Waals surface area contributed by atoms with Crippen molar-refractivity contribution in [3.05, 3.63) is 97.1 Å². The van der Waals surface area contributed by atoms with E-state index in [1.165, 1.54) is 0 Å². The molecule has 4 rings (SSSR count). The second-order valence-electron chi connectivity index (χ2n) is 5.59. The maximum Gasteiger partial charge on any atom is 0.265 e. The van der Waals surface area contributed by atoms with Gasteiger partial charge in [0.05, 0.1) is 17.0 Å². The molecule has 25 heavy (non-hydrogen) atoms. The average Bonchev–Trinajstić information content (AvgIpc) is 3.14. The van der Waals surface area contributed by atoms with Gasteiger partial charge in [0.1, 0.15) is 6.33 Å². The van der Waals surface area contributed by atoms with Crippen LogP contribution in [0.25, 0.3) is 22.5 Å². The average molecular weight is 325 g/mol. The lowest BCUT2D eigenvalue weighted by Crippen LogP contribution is -2.12. The lowest BCUT2D eigenvalue weighted by molar-refractivity contribution is 0.0961. The fourth-order valence-electron chi connectivity index (χ4n) is 2.81. The SMILES string of the molecule is O=C(c1cccnc1)n1cnc(-c2ccccc2)c1-c1ccccc1. The van der Waals surface area contributed by atoms with Crippen LogP contribution >= 0.6 is 0 Å². The lowest BCUT2D eigenvalue weighted by Gasteiger charge is -2.09. The second-order valence-corrected chi connectivity index (χ2v) is 5.59. The number of carbonyl (C=O) groups excluding carboxylic acids is 1. The predicted molar refractivity (Wildman–Crippen MR) is 97.1 cm³/mol. The molecule has 2 heterocycles. The number of aromatic nitrogens is 3. The molecule has 0 saturated carbocycles. The molecule has 0 aliphatic rings. The largest absolute Gasteiger partial charge is 0.268 e. The van der Waals surface area contributed by atoms with E-state index in [1.54, 1.807) is 35.4 Å². The first-order chi connectivity index (χ1) is 12.3. The number of benzene rings is 2. The molecule has 0 bridgehead atoms. The molecule has 0 radical (unpaired) electrons. The molecule has 0 atom stereocenters. The van der Waals surface area contributed by atoms with E-state index in [0.717, 1.165) is 22.5 Å². The number of rotatable bonds is 3. The van der Waals surface area contributed by atoms with Crippen LogP contribution in [0.5, 0.6) is 0 Å². The van der Waals surface area contributed by atoms with E-state index in [-0.39, 0.29) is 5.91 Å². The van der Waals surface area contributed by atoms with Crippen molar-refractivity contribution in [1.82, 2.24) is 14.5 Å². The summed E-state index contributed by atoms with van der Waals surface area (Å²) in [5.74, 6) is -0.151. The third kappa shape index (κ3) is 2.85. The van der Waals surface area contributed by atoms with Gasteiger partial charge in [-0.15, -0.1) is 0 Å². The highest BCUT2D eigenvalue weighted by molar-refractivity contribution is 5.99. The van der Waals surface area contributed by atoms with Gasteiger partial charge in [-0.3, -0.25) is 14.3 Å². The number of hydrogen-bond donors (Lipinski definition) is 0. The summed E-state index contributed by atoms with van der Waals surface area (Å²) in [5, 5.41) is 0. The van der Waals surface area contributed by atoms with Crippen molar-refractivity contribution in [2.45, 2.75) is 0 Å². The van der Waals surface area contributed by atoms with Gasteiger partial charge in [-0.25, -0.2) is 4.98 Å². The van der Waals surface area contributed by atoms with Crippen LogP contribution in [0.1, 0.15) is 10.4 Å². The van der Waals surface area contributed by atoms with E-state index >= 15 is 0 Å². The van der Waals surface area contributed by atoms with Crippen molar-refractivity contribution in [2.75, 3.05) is 0 Å². The zero-order valence-corrected chi connectivity index (χ0v) is 13.4. The van der Waals surface area contributed by atoms with Crippen LogP contribution < -0.4 is 0 Å². The summed E-state index contributed by atoms with van der Waals surface area (Å²) in [5.41, 5.74) is 4.00. The Morgan fingerprint density at radius 3 is 2.12 bits per heavy atom. The Labute approximate surface area is 145 Å². The van der Waals surface area contributed by atoms with Gasteiger partial charge in [-0.05, 0) is 12.1 Å². The molecule has 120 valence electrons. The molecule has 4 heteroatoms. The molecular weight excluding hydrogens is 310 g/mol. The summed E-state index contributed by atoms with van der Waals surface area (Å²) in [6.45, 7) is 0. The van der Waals surface area contributed by atoms with Crippen LogP contribution in [0, 0.1) is 0 Å². The second kappa shape index (κ2) is 6.53. The highest BCUT2D eigenvalue weighted by Crippen LogP contribution is 2.31. The van der Waals surface area contributed by atoms with Crippen LogP contribution in [0.3, 0.4) is 0 Å². The van der Waals surface area contributed by atoms with Crippen LogP contribution in [0.15, 0.2) is 91.5 Å². The molecule has 0 aliphatic carbocycles. The standard InChI is InChI=1S/C21H15N3O/c25-21(18-12-7-13-22-14-18)24-15-23-19(16-8-3-1-4-9-16)20(24)17-10-5-2-6-11-17/h1-15H. The van der Waals surface area contributed by atoms with Gasteiger partial charge >= 0.3 is 0 Å². The summed E-state index contributed by atoms with van der Waals surface area (Å²) >= 11 is 0. The van der Waals surface area contributed by atoms with E-state index in [2.05, 4.69) is 9.97 Å². The first-order valence-electron chi connectivity index (χ1n) is 7.97. The highest BCUT2D eigenvalue weighted by Gasteiger charge is 2.19. The molecule has 4 nitrogen and oxygen atoms in total. The number of hydrogen-bond acceptors (Lipinski definition) is 3. The Bertz CT molecular complexity index is 993. The van der Waals surface area contributed by atoms with E-state index in [1.807, 2.05) is 60.7 Å². The van der Waals surface area contributed by atoms with Crippen LogP contribution in [-0.4, -0.2) is 20.4 Å². The Morgan fingerprint density at radius 1 is 0.800 bits per heavy atom. The van der Waals surface area contributed by atoms with Crippen molar-refractivity contribution >= 4 is 5.91 Å². The fraction of sp³-hybridized carbons (Fsp3) is 0. The van der Waals surface area contributed by atoms with E-state index in [0.29, 0.717) is 5.56 Å². The van der Waals surface area contributed by atoms with Crippen LogP contribution in [0.4, 0.5) is 0 Å². The van der Waals surface area contributed by atoms with Gasteiger partial charge in [-0.2, -0.15) is 0 Å². The van der Waals surface area contributed by atoms with E-state index < -0.39 is 0 Å². The Kier molecular flexibility index (Phi) is 3.92. The van der Waals surface area contributed by atoms with E-state index in [9.17, 15) is 4.79 Å². The lowest BCUT2D eigenvalue weighted by atomic mass is 10.0. The maximum atomic E-state index is 13.0. The number of nitrogens with zero attached hydrogens (tertiary/aromatic N) is 3. The molecule has 0 saturated heterocycles. The van der Waals surface area contributed by atoms with Crippen molar-refractivity contribution in [2.24, 2.45) is 0 Å². The Hall–Kier alpha value is -3.53. The molecule has 0 N–H and O–H groups in total. The van der Waals surface area contributed by atoms with Crippen LogP contribution in [0.2, 0.25) is 0 Å². The minimum atomic E-state index is -0.151. The van der Waals surface area contributed by atoms with Crippen molar-refractivity contribution in [3.8, 4) is 22.5 Å². The molecule has 2 aromatic carbocycles. The minimum absolute atomic E-state index is 0.151. The Balaban J connectivity index is 1.91. The summed E-state index contributed by atoms with van der Waals surface area (Å²) in [4.78, 5) is 21.5.